The maximum Gasteiger partial charge on any atom is 0.296 e. The van der Waals surface area contributed by atoms with Gasteiger partial charge in [0.25, 0.3) is 6.01 Å². The molecule has 0 aliphatic rings. The minimum Gasteiger partial charge on any atom is -0.508 e. The van der Waals surface area contributed by atoms with Gasteiger partial charge in [0.05, 0.1) is 0 Å². The molecule has 0 bridgehead atoms. The zero-order chi connectivity index (χ0) is 16.2. The Morgan fingerprint density at radius 1 is 1.26 bits per heavy atom. The second-order valence-corrected chi connectivity index (χ2v) is 5.17. The number of hydrogen-bond acceptors (Lipinski definition) is 5. The molecule has 6 nitrogen and oxygen atoms in total. The Labute approximate surface area is 133 Å². The van der Waals surface area contributed by atoms with Crippen molar-refractivity contribution in [3.05, 3.63) is 54.1 Å². The number of carbonyl (C=O) groups excluding carboxylic acids is 1. The summed E-state index contributed by atoms with van der Waals surface area (Å²) >= 11 is 0. The number of fused-ring (bicyclic) bond motifs is 1. The molecular weight excluding hydrogens is 294 g/mol. The maximum atomic E-state index is 12.1. The van der Waals surface area contributed by atoms with E-state index in [1.807, 2.05) is 30.3 Å². The van der Waals surface area contributed by atoms with E-state index in [1.54, 1.807) is 13.1 Å². The first-order chi connectivity index (χ1) is 11.2. The molecule has 0 spiro atoms. The highest BCUT2D eigenvalue weighted by atomic mass is 16.4. The first-order valence-electron chi connectivity index (χ1n) is 7.27. The molecule has 118 valence electrons. The fraction of sp³-hybridized carbons (Fsp3) is 0.176. The van der Waals surface area contributed by atoms with Crippen molar-refractivity contribution in [1.29, 1.82) is 0 Å². The Bertz CT molecular complexity index is 814. The van der Waals surface area contributed by atoms with Gasteiger partial charge >= 0.3 is 0 Å². The Balaban J connectivity index is 1.83. The highest BCUT2D eigenvalue weighted by Crippen LogP contribution is 2.23. The Morgan fingerprint density at radius 2 is 2.04 bits per heavy atom. The predicted molar refractivity (Wildman–Crippen MR) is 87.3 cm³/mol. The molecule has 3 rings (SSSR count). The monoisotopic (exact) mass is 311 g/mol. The van der Waals surface area contributed by atoms with Gasteiger partial charge in [0.1, 0.15) is 17.3 Å². The zero-order valence-corrected chi connectivity index (χ0v) is 12.6. The second-order valence-electron chi connectivity index (χ2n) is 5.17. The lowest BCUT2D eigenvalue weighted by Crippen LogP contribution is -2.39. The number of phenols is 1. The summed E-state index contributed by atoms with van der Waals surface area (Å²) in [7, 11) is 1.59. The van der Waals surface area contributed by atoms with Crippen LogP contribution in [-0.4, -0.2) is 29.1 Å². The molecule has 23 heavy (non-hydrogen) atoms. The van der Waals surface area contributed by atoms with Crippen molar-refractivity contribution < 1.29 is 14.3 Å². The number of likely N-dealkylation sites (N-methyl/N-ethyl adjacent to an activating group) is 1. The average Bonchev–Trinajstić information content (AvgIpc) is 2.96. The van der Waals surface area contributed by atoms with Crippen molar-refractivity contribution in [3.63, 3.8) is 0 Å². The molecule has 3 aromatic rings. The van der Waals surface area contributed by atoms with Gasteiger partial charge in [-0.15, -0.1) is 0 Å². The van der Waals surface area contributed by atoms with E-state index in [0.717, 1.165) is 5.56 Å². The van der Waals surface area contributed by atoms with Gasteiger partial charge in [0, 0.05) is 19.5 Å². The van der Waals surface area contributed by atoms with Crippen molar-refractivity contribution >= 4 is 23.0 Å². The zero-order valence-electron chi connectivity index (χ0n) is 12.6. The van der Waals surface area contributed by atoms with E-state index in [0.29, 0.717) is 17.5 Å². The van der Waals surface area contributed by atoms with Gasteiger partial charge < -0.3 is 20.2 Å². The van der Waals surface area contributed by atoms with Crippen molar-refractivity contribution in [2.75, 3.05) is 12.4 Å². The summed E-state index contributed by atoms with van der Waals surface area (Å²) in [6.45, 7) is 0. The molecule has 1 amide bonds. The minimum absolute atomic E-state index is 0.104. The number of hydrogen-bond donors (Lipinski definition) is 3. The third kappa shape index (κ3) is 3.42. The van der Waals surface area contributed by atoms with E-state index in [-0.39, 0.29) is 17.7 Å². The predicted octanol–water partition coefficient (Wildman–Crippen LogP) is 2.30. The molecule has 0 saturated heterocycles. The number of anilines is 1. The van der Waals surface area contributed by atoms with Crippen LogP contribution in [0.4, 0.5) is 6.01 Å². The molecule has 1 heterocycles. The molecular formula is C17H17N3O3. The summed E-state index contributed by atoms with van der Waals surface area (Å²) in [6.07, 6.45) is 0.504. The van der Waals surface area contributed by atoms with Crippen LogP contribution in [0.2, 0.25) is 0 Å². The van der Waals surface area contributed by atoms with Crippen molar-refractivity contribution in [1.82, 2.24) is 10.3 Å². The number of amides is 1. The maximum absolute atomic E-state index is 12.1. The molecule has 6 heteroatoms. The summed E-state index contributed by atoms with van der Waals surface area (Å²) in [6, 6.07) is 14.1. The molecule has 2 aromatic carbocycles. The first kappa shape index (κ1) is 14.9. The van der Waals surface area contributed by atoms with Gasteiger partial charge in [-0.2, -0.15) is 4.98 Å². The summed E-state index contributed by atoms with van der Waals surface area (Å²) < 4.78 is 5.55. The molecule has 0 saturated carbocycles. The highest BCUT2D eigenvalue weighted by molar-refractivity contribution is 5.84. The third-order valence-corrected chi connectivity index (χ3v) is 3.52. The van der Waals surface area contributed by atoms with Crippen LogP contribution in [0.25, 0.3) is 11.1 Å². The molecule has 3 N–H and O–H groups in total. The smallest absolute Gasteiger partial charge is 0.296 e. The van der Waals surface area contributed by atoms with Crippen LogP contribution in [0.15, 0.2) is 52.9 Å². The number of aromatic hydroxyl groups is 1. The van der Waals surface area contributed by atoms with Gasteiger partial charge in [-0.05, 0) is 17.7 Å². The van der Waals surface area contributed by atoms with Gasteiger partial charge in [-0.25, -0.2) is 0 Å². The molecule has 0 unspecified atom stereocenters. The number of oxazole rings is 1. The highest BCUT2D eigenvalue weighted by Gasteiger charge is 2.20. The second kappa shape index (κ2) is 6.39. The van der Waals surface area contributed by atoms with E-state index < -0.39 is 6.04 Å². The summed E-state index contributed by atoms with van der Waals surface area (Å²) in [4.78, 5) is 16.4. The minimum atomic E-state index is -0.510. The number of phenolic OH excluding ortho intramolecular Hbond substituents is 1. The lowest BCUT2D eigenvalue weighted by atomic mass is 10.1. The Morgan fingerprint density at radius 3 is 2.78 bits per heavy atom. The number of rotatable bonds is 5. The molecule has 0 fully saturated rings. The van der Waals surface area contributed by atoms with Crippen LogP contribution < -0.4 is 10.6 Å². The summed E-state index contributed by atoms with van der Waals surface area (Å²) in [5.74, 6) is -0.0497. The largest absolute Gasteiger partial charge is 0.508 e. The van der Waals surface area contributed by atoms with E-state index >= 15 is 0 Å². The number of aromatic nitrogens is 1. The summed E-state index contributed by atoms with van der Waals surface area (Å²) in [5.41, 5.74) is 2.10. The molecule has 1 atom stereocenters. The van der Waals surface area contributed by atoms with Gasteiger partial charge in [-0.3, -0.25) is 4.79 Å². The van der Waals surface area contributed by atoms with Crippen LogP contribution in [0.1, 0.15) is 5.56 Å². The number of nitrogens with one attached hydrogen (secondary N) is 2. The van der Waals surface area contributed by atoms with Crippen LogP contribution in [0.3, 0.4) is 0 Å². The fourth-order valence-corrected chi connectivity index (χ4v) is 2.36. The topological polar surface area (TPSA) is 87.4 Å². The summed E-state index contributed by atoms with van der Waals surface area (Å²) in [5, 5.41) is 15.1. The van der Waals surface area contributed by atoms with Crippen molar-refractivity contribution in [2.24, 2.45) is 0 Å². The average molecular weight is 311 g/mol. The SMILES string of the molecule is CNC(=O)[C@@H](Cc1ccccc1)Nc1nc2ccc(O)cc2o1. The molecule has 0 aliphatic carbocycles. The number of carbonyl (C=O) groups is 1. The van der Waals surface area contributed by atoms with Crippen LogP contribution in [0, 0.1) is 0 Å². The quantitative estimate of drug-likeness (QED) is 0.673. The normalized spacial score (nSPS) is 12.0. The molecule has 1 aromatic heterocycles. The van der Waals surface area contributed by atoms with E-state index in [4.69, 9.17) is 4.42 Å². The number of benzene rings is 2. The van der Waals surface area contributed by atoms with E-state index in [9.17, 15) is 9.90 Å². The molecule has 0 radical (unpaired) electrons. The van der Waals surface area contributed by atoms with Gasteiger partial charge in [0.2, 0.25) is 5.91 Å². The molecule has 0 aliphatic heterocycles. The standard InChI is InChI=1S/C17H17N3O3/c1-18-16(22)14(9-11-5-3-2-4-6-11)20-17-19-13-8-7-12(21)10-15(13)23-17/h2-8,10,14,21H,9H2,1H3,(H,18,22)(H,19,20)/t14-/m1/s1. The lowest BCUT2D eigenvalue weighted by Gasteiger charge is -2.15. The third-order valence-electron chi connectivity index (χ3n) is 3.52. The van der Waals surface area contributed by atoms with Crippen molar-refractivity contribution in [3.8, 4) is 5.75 Å². The fourth-order valence-electron chi connectivity index (χ4n) is 2.36. The van der Waals surface area contributed by atoms with Gasteiger partial charge in [0.15, 0.2) is 5.58 Å². The number of nitrogens with zero attached hydrogens (tertiary/aromatic N) is 1. The lowest BCUT2D eigenvalue weighted by molar-refractivity contribution is -0.121. The van der Waals surface area contributed by atoms with E-state index in [2.05, 4.69) is 15.6 Å². The van der Waals surface area contributed by atoms with Crippen LogP contribution in [0.5, 0.6) is 5.75 Å². The first-order valence-corrected chi connectivity index (χ1v) is 7.27. The van der Waals surface area contributed by atoms with Crippen LogP contribution in [-0.2, 0) is 11.2 Å². The van der Waals surface area contributed by atoms with Crippen LogP contribution >= 0.6 is 0 Å². The Hall–Kier alpha value is -3.02. The van der Waals surface area contributed by atoms with E-state index in [1.165, 1.54) is 12.1 Å². The van der Waals surface area contributed by atoms with Gasteiger partial charge in [-0.1, -0.05) is 30.3 Å². The Kier molecular flexibility index (Phi) is 4.14. The van der Waals surface area contributed by atoms with Crippen molar-refractivity contribution in [2.45, 2.75) is 12.5 Å².